The summed E-state index contributed by atoms with van der Waals surface area (Å²) >= 11 is 0. The van der Waals surface area contributed by atoms with Gasteiger partial charge in [-0.1, -0.05) is 30.0 Å². The predicted molar refractivity (Wildman–Crippen MR) is 81.8 cm³/mol. The Bertz CT molecular complexity index is 858. The standard InChI is InChI=1S/C17H10N2O4/c20-16-14-8-1-2-9-15(14)17(21)18(16)10-4-6-12-5-3-7-13(11-12)19(22)23/h1-3,5,7-9,11H,10H2. The van der Waals surface area contributed by atoms with Crippen LogP contribution in [0.1, 0.15) is 26.3 Å². The van der Waals surface area contributed by atoms with Gasteiger partial charge in [-0.2, -0.15) is 0 Å². The molecule has 2 aromatic rings. The van der Waals surface area contributed by atoms with Gasteiger partial charge >= 0.3 is 0 Å². The molecule has 0 aliphatic carbocycles. The van der Waals surface area contributed by atoms with E-state index < -0.39 is 4.92 Å². The number of nitro groups is 1. The first kappa shape index (κ1) is 14.5. The highest BCUT2D eigenvalue weighted by Crippen LogP contribution is 2.21. The van der Waals surface area contributed by atoms with Crippen molar-refractivity contribution in [1.82, 2.24) is 4.90 Å². The van der Waals surface area contributed by atoms with Crippen LogP contribution in [-0.2, 0) is 0 Å². The van der Waals surface area contributed by atoms with E-state index in [1.165, 1.54) is 18.2 Å². The molecule has 1 aliphatic rings. The van der Waals surface area contributed by atoms with Crippen molar-refractivity contribution in [2.24, 2.45) is 0 Å². The second-order valence-corrected chi connectivity index (χ2v) is 4.85. The molecule has 112 valence electrons. The minimum absolute atomic E-state index is 0.0578. The van der Waals surface area contributed by atoms with Crippen LogP contribution >= 0.6 is 0 Å². The number of amides is 2. The lowest BCUT2D eigenvalue weighted by molar-refractivity contribution is -0.384. The maximum absolute atomic E-state index is 12.1. The zero-order valence-corrected chi connectivity index (χ0v) is 11.9. The Morgan fingerprint density at radius 3 is 2.26 bits per heavy atom. The molecule has 1 heterocycles. The van der Waals surface area contributed by atoms with Crippen LogP contribution in [0.15, 0.2) is 48.5 Å². The van der Waals surface area contributed by atoms with E-state index in [1.807, 2.05) is 0 Å². The smallest absolute Gasteiger partial charge is 0.269 e. The molecule has 0 saturated heterocycles. The third-order valence-electron chi connectivity index (χ3n) is 3.41. The summed E-state index contributed by atoms with van der Waals surface area (Å²) in [6.07, 6.45) is 0. The number of nitro benzene ring substituents is 1. The van der Waals surface area contributed by atoms with E-state index in [4.69, 9.17) is 0 Å². The average Bonchev–Trinajstić information content (AvgIpc) is 2.80. The fourth-order valence-electron chi connectivity index (χ4n) is 2.30. The number of carbonyl (C=O) groups is 2. The first-order chi connectivity index (χ1) is 11.1. The van der Waals surface area contributed by atoms with Gasteiger partial charge in [0.1, 0.15) is 0 Å². The van der Waals surface area contributed by atoms with Crippen LogP contribution < -0.4 is 0 Å². The highest BCUT2D eigenvalue weighted by atomic mass is 16.6. The summed E-state index contributed by atoms with van der Waals surface area (Å²) in [6.45, 7) is -0.0605. The van der Waals surface area contributed by atoms with Gasteiger partial charge in [-0.3, -0.25) is 24.6 Å². The molecule has 0 atom stereocenters. The van der Waals surface area contributed by atoms with E-state index >= 15 is 0 Å². The molecule has 6 nitrogen and oxygen atoms in total. The largest absolute Gasteiger partial charge is 0.270 e. The minimum Gasteiger partial charge on any atom is -0.269 e. The van der Waals surface area contributed by atoms with Gasteiger partial charge in [0.2, 0.25) is 0 Å². The number of hydrogen-bond acceptors (Lipinski definition) is 4. The second-order valence-electron chi connectivity index (χ2n) is 4.85. The number of imide groups is 1. The van der Waals surface area contributed by atoms with E-state index in [0.29, 0.717) is 16.7 Å². The average molecular weight is 306 g/mol. The third kappa shape index (κ3) is 2.68. The third-order valence-corrected chi connectivity index (χ3v) is 3.41. The van der Waals surface area contributed by atoms with Crippen molar-refractivity contribution in [3.05, 3.63) is 75.3 Å². The summed E-state index contributed by atoms with van der Waals surface area (Å²) in [4.78, 5) is 35.5. The minimum atomic E-state index is -0.505. The molecular formula is C17H10N2O4. The lowest BCUT2D eigenvalue weighted by Gasteiger charge is -2.08. The highest BCUT2D eigenvalue weighted by Gasteiger charge is 2.34. The van der Waals surface area contributed by atoms with Gasteiger partial charge in [0, 0.05) is 17.7 Å². The summed E-state index contributed by atoms with van der Waals surface area (Å²) in [5.41, 5.74) is 1.14. The topological polar surface area (TPSA) is 80.5 Å². The van der Waals surface area contributed by atoms with Crippen LogP contribution in [0.25, 0.3) is 0 Å². The van der Waals surface area contributed by atoms with Gasteiger partial charge < -0.3 is 0 Å². The summed E-state index contributed by atoms with van der Waals surface area (Å²) < 4.78 is 0. The summed E-state index contributed by atoms with van der Waals surface area (Å²) in [5.74, 6) is 4.70. The van der Waals surface area contributed by atoms with E-state index in [1.54, 1.807) is 30.3 Å². The first-order valence-electron chi connectivity index (χ1n) is 6.76. The molecule has 23 heavy (non-hydrogen) atoms. The van der Waals surface area contributed by atoms with Crippen LogP contribution in [0.3, 0.4) is 0 Å². The molecule has 2 amide bonds. The molecule has 0 spiro atoms. The number of hydrogen-bond donors (Lipinski definition) is 0. The van der Waals surface area contributed by atoms with Gasteiger partial charge in [-0.25, -0.2) is 0 Å². The molecule has 0 radical (unpaired) electrons. The molecule has 0 aromatic heterocycles. The van der Waals surface area contributed by atoms with Crippen molar-refractivity contribution in [2.75, 3.05) is 6.54 Å². The molecule has 0 bridgehead atoms. The zero-order chi connectivity index (χ0) is 16.4. The number of carbonyl (C=O) groups excluding carboxylic acids is 2. The van der Waals surface area contributed by atoms with Gasteiger partial charge in [0.05, 0.1) is 22.6 Å². The summed E-state index contributed by atoms with van der Waals surface area (Å²) in [6, 6.07) is 12.5. The SMILES string of the molecule is O=C1c2ccccc2C(=O)N1CC#Cc1cccc([N+](=O)[O-])c1. The lowest BCUT2D eigenvalue weighted by Crippen LogP contribution is -2.29. The second kappa shape index (κ2) is 5.73. The molecule has 6 heteroatoms. The van der Waals surface area contributed by atoms with Crippen LogP contribution in [0.5, 0.6) is 0 Å². The van der Waals surface area contributed by atoms with Crippen LogP contribution in [0.2, 0.25) is 0 Å². The van der Waals surface area contributed by atoms with Gasteiger partial charge in [-0.15, -0.1) is 0 Å². The molecule has 3 rings (SSSR count). The molecule has 0 saturated carbocycles. The van der Waals surface area contributed by atoms with Crippen molar-refractivity contribution in [1.29, 1.82) is 0 Å². The highest BCUT2D eigenvalue weighted by molar-refractivity contribution is 6.21. The fourth-order valence-corrected chi connectivity index (χ4v) is 2.30. The normalized spacial score (nSPS) is 12.6. The van der Waals surface area contributed by atoms with E-state index in [9.17, 15) is 19.7 Å². The Hall–Kier alpha value is -3.46. The van der Waals surface area contributed by atoms with Gasteiger partial charge in [-0.05, 0) is 18.2 Å². The molecule has 2 aromatic carbocycles. The van der Waals surface area contributed by atoms with Gasteiger partial charge in [0.15, 0.2) is 0 Å². The van der Waals surface area contributed by atoms with Crippen molar-refractivity contribution in [2.45, 2.75) is 0 Å². The van der Waals surface area contributed by atoms with Crippen molar-refractivity contribution in [3.8, 4) is 11.8 Å². The van der Waals surface area contributed by atoms with Crippen molar-refractivity contribution >= 4 is 17.5 Å². The number of rotatable bonds is 2. The van der Waals surface area contributed by atoms with Crippen LogP contribution in [-0.4, -0.2) is 28.2 Å². The molecule has 1 aliphatic heterocycles. The number of fused-ring (bicyclic) bond motifs is 1. The molecule has 0 unspecified atom stereocenters. The van der Waals surface area contributed by atoms with Crippen molar-refractivity contribution < 1.29 is 14.5 Å². The number of non-ortho nitro benzene ring substituents is 1. The van der Waals surface area contributed by atoms with Crippen LogP contribution in [0.4, 0.5) is 5.69 Å². The Morgan fingerprint density at radius 1 is 1.00 bits per heavy atom. The number of benzene rings is 2. The zero-order valence-electron chi connectivity index (χ0n) is 11.9. The van der Waals surface area contributed by atoms with Crippen molar-refractivity contribution in [3.63, 3.8) is 0 Å². The van der Waals surface area contributed by atoms with E-state index in [2.05, 4.69) is 11.8 Å². The first-order valence-corrected chi connectivity index (χ1v) is 6.76. The predicted octanol–water partition coefficient (Wildman–Crippen LogP) is 2.24. The van der Waals surface area contributed by atoms with Crippen LogP contribution in [0, 0.1) is 22.0 Å². The Morgan fingerprint density at radius 2 is 1.65 bits per heavy atom. The van der Waals surface area contributed by atoms with Gasteiger partial charge in [0.25, 0.3) is 17.5 Å². The maximum atomic E-state index is 12.1. The lowest BCUT2D eigenvalue weighted by atomic mass is 10.1. The fraction of sp³-hybridized carbons (Fsp3) is 0.0588. The Kier molecular flexibility index (Phi) is 3.61. The molecule has 0 fully saturated rings. The molecule has 0 N–H and O–H groups in total. The summed E-state index contributed by atoms with van der Waals surface area (Å²) in [5, 5.41) is 10.7. The Labute approximate surface area is 131 Å². The maximum Gasteiger partial charge on any atom is 0.270 e. The Balaban J connectivity index is 1.78. The molecular weight excluding hydrogens is 296 g/mol. The quantitative estimate of drug-likeness (QED) is 0.369. The van der Waals surface area contributed by atoms with E-state index in [-0.39, 0.29) is 24.0 Å². The summed E-state index contributed by atoms with van der Waals surface area (Å²) in [7, 11) is 0. The van der Waals surface area contributed by atoms with E-state index in [0.717, 1.165) is 4.90 Å². The number of nitrogens with zero attached hydrogens (tertiary/aromatic N) is 2. The monoisotopic (exact) mass is 306 g/mol.